The van der Waals surface area contributed by atoms with Gasteiger partial charge >= 0.3 is 11.8 Å². The van der Waals surface area contributed by atoms with Crippen LogP contribution in [0.15, 0.2) is 33.5 Å². The van der Waals surface area contributed by atoms with Crippen LogP contribution in [-0.2, 0) is 6.18 Å². The number of hydrogen-bond acceptors (Lipinski definition) is 3. The van der Waals surface area contributed by atoms with Gasteiger partial charge in [0.05, 0.1) is 18.1 Å². The first-order valence-corrected chi connectivity index (χ1v) is 4.61. The molecule has 0 radical (unpaired) electrons. The fourth-order valence-electron chi connectivity index (χ4n) is 1.58. The first-order chi connectivity index (χ1) is 7.93. The highest BCUT2D eigenvalue weighted by Crippen LogP contribution is 2.37. The predicted octanol–water partition coefficient (Wildman–Crippen LogP) is 2.82. The lowest BCUT2D eigenvalue weighted by atomic mass is 10.1. The van der Waals surface area contributed by atoms with Gasteiger partial charge in [0, 0.05) is 6.07 Å². The van der Waals surface area contributed by atoms with E-state index in [2.05, 4.69) is 0 Å². The molecule has 0 saturated carbocycles. The largest absolute Gasteiger partial charge is 0.496 e. The van der Waals surface area contributed by atoms with Crippen molar-refractivity contribution >= 4 is 11.0 Å². The molecule has 0 spiro atoms. The molecule has 2 rings (SSSR count). The van der Waals surface area contributed by atoms with Crippen molar-refractivity contribution in [2.75, 3.05) is 7.11 Å². The summed E-state index contributed by atoms with van der Waals surface area (Å²) in [4.78, 5) is 11.0. The van der Waals surface area contributed by atoms with Gasteiger partial charge in [-0.15, -0.1) is 0 Å². The van der Waals surface area contributed by atoms with E-state index < -0.39 is 17.4 Å². The minimum atomic E-state index is -4.64. The van der Waals surface area contributed by atoms with E-state index in [0.717, 1.165) is 0 Å². The molecule has 0 aliphatic heterocycles. The van der Waals surface area contributed by atoms with E-state index in [0.29, 0.717) is 6.07 Å². The van der Waals surface area contributed by atoms with Crippen molar-refractivity contribution < 1.29 is 22.3 Å². The van der Waals surface area contributed by atoms with E-state index in [1.54, 1.807) is 0 Å². The van der Waals surface area contributed by atoms with E-state index >= 15 is 0 Å². The lowest BCUT2D eigenvalue weighted by Gasteiger charge is -2.11. The predicted molar refractivity (Wildman–Crippen MR) is 54.0 cm³/mol. The van der Waals surface area contributed by atoms with E-state index in [-0.39, 0.29) is 16.7 Å². The third kappa shape index (κ3) is 1.98. The Kier molecular flexibility index (Phi) is 2.57. The van der Waals surface area contributed by atoms with Crippen LogP contribution < -0.4 is 10.4 Å². The number of halogens is 3. The number of rotatable bonds is 1. The molecule has 1 aromatic carbocycles. The van der Waals surface area contributed by atoms with Crippen LogP contribution >= 0.6 is 0 Å². The highest BCUT2D eigenvalue weighted by Gasteiger charge is 2.35. The molecule has 0 fully saturated rings. The molecule has 2 aromatic rings. The smallest absolute Gasteiger partial charge is 0.417 e. The molecule has 90 valence electrons. The Morgan fingerprint density at radius 3 is 2.59 bits per heavy atom. The Labute approximate surface area is 93.4 Å². The molecule has 0 saturated heterocycles. The van der Waals surface area contributed by atoms with Crippen molar-refractivity contribution in [1.82, 2.24) is 0 Å². The number of fused-ring (bicyclic) bond motifs is 1. The standard InChI is InChI=1S/C11H7F3O3/c1-16-7-3-2-4-8-10(7)6(11(12,13)14)5-9(15)17-8/h2-5H,1H3. The summed E-state index contributed by atoms with van der Waals surface area (Å²) < 4.78 is 47.9. The van der Waals surface area contributed by atoms with Crippen LogP contribution in [0, 0.1) is 0 Å². The van der Waals surface area contributed by atoms with Crippen LogP contribution in [0.1, 0.15) is 5.56 Å². The molecule has 0 amide bonds. The molecule has 17 heavy (non-hydrogen) atoms. The van der Waals surface area contributed by atoms with E-state index in [1.807, 2.05) is 0 Å². The summed E-state index contributed by atoms with van der Waals surface area (Å²) in [5.41, 5.74) is -2.25. The third-order valence-electron chi connectivity index (χ3n) is 2.26. The molecule has 0 aliphatic carbocycles. The van der Waals surface area contributed by atoms with Crippen LogP contribution in [0.5, 0.6) is 5.75 Å². The van der Waals surface area contributed by atoms with Crippen molar-refractivity contribution in [2.24, 2.45) is 0 Å². The van der Waals surface area contributed by atoms with Gasteiger partial charge in [-0.3, -0.25) is 0 Å². The molecule has 1 heterocycles. The molecular weight excluding hydrogens is 237 g/mol. The third-order valence-corrected chi connectivity index (χ3v) is 2.26. The SMILES string of the molecule is COc1cccc2oc(=O)cc(C(F)(F)F)c12. The van der Waals surface area contributed by atoms with Crippen LogP contribution in [0.3, 0.4) is 0 Å². The molecule has 6 heteroatoms. The highest BCUT2D eigenvalue weighted by atomic mass is 19.4. The van der Waals surface area contributed by atoms with E-state index in [4.69, 9.17) is 9.15 Å². The molecule has 0 unspecified atom stereocenters. The minimum Gasteiger partial charge on any atom is -0.496 e. The number of methoxy groups -OCH3 is 1. The Bertz CT molecular complexity index is 613. The van der Waals surface area contributed by atoms with Crippen LogP contribution in [-0.4, -0.2) is 7.11 Å². The molecule has 1 aromatic heterocycles. The van der Waals surface area contributed by atoms with Gasteiger partial charge in [-0.2, -0.15) is 13.2 Å². The van der Waals surface area contributed by atoms with Crippen LogP contribution in [0.2, 0.25) is 0 Å². The average Bonchev–Trinajstić information content (AvgIpc) is 2.25. The van der Waals surface area contributed by atoms with Gasteiger partial charge in [0.25, 0.3) is 0 Å². The van der Waals surface area contributed by atoms with Crippen LogP contribution in [0.25, 0.3) is 11.0 Å². The van der Waals surface area contributed by atoms with Crippen molar-refractivity contribution in [2.45, 2.75) is 6.18 Å². The average molecular weight is 244 g/mol. The van der Waals surface area contributed by atoms with Gasteiger partial charge in [0.2, 0.25) is 0 Å². The Hall–Kier alpha value is -1.98. The number of hydrogen-bond donors (Lipinski definition) is 0. The van der Waals surface area contributed by atoms with Gasteiger partial charge in [0.1, 0.15) is 11.3 Å². The molecule has 0 atom stereocenters. The van der Waals surface area contributed by atoms with E-state index in [9.17, 15) is 18.0 Å². The second-order valence-corrected chi connectivity index (χ2v) is 3.31. The summed E-state index contributed by atoms with van der Waals surface area (Å²) in [6.07, 6.45) is -4.64. The zero-order chi connectivity index (χ0) is 12.6. The first kappa shape index (κ1) is 11.5. The summed E-state index contributed by atoms with van der Waals surface area (Å²) in [5, 5.41) is -0.248. The van der Waals surface area contributed by atoms with Gasteiger partial charge in [0.15, 0.2) is 0 Å². The maximum absolute atomic E-state index is 12.8. The topological polar surface area (TPSA) is 39.4 Å². The second-order valence-electron chi connectivity index (χ2n) is 3.31. The monoisotopic (exact) mass is 244 g/mol. The quantitative estimate of drug-likeness (QED) is 0.724. The van der Waals surface area contributed by atoms with Crippen molar-refractivity contribution in [1.29, 1.82) is 0 Å². The maximum Gasteiger partial charge on any atom is 0.417 e. The molecule has 0 N–H and O–H groups in total. The van der Waals surface area contributed by atoms with Crippen molar-refractivity contribution in [3.63, 3.8) is 0 Å². The molecule has 0 bridgehead atoms. The fourth-order valence-corrected chi connectivity index (χ4v) is 1.58. The Morgan fingerprint density at radius 2 is 2.00 bits per heavy atom. The Morgan fingerprint density at radius 1 is 1.29 bits per heavy atom. The summed E-state index contributed by atoms with van der Waals surface area (Å²) >= 11 is 0. The number of benzene rings is 1. The molecule has 3 nitrogen and oxygen atoms in total. The molecule has 0 aliphatic rings. The lowest BCUT2D eigenvalue weighted by Crippen LogP contribution is -2.11. The fraction of sp³-hybridized carbons (Fsp3) is 0.182. The van der Waals surface area contributed by atoms with Gasteiger partial charge in [-0.1, -0.05) is 6.07 Å². The second kappa shape index (κ2) is 3.80. The lowest BCUT2D eigenvalue weighted by molar-refractivity contribution is -0.136. The number of ether oxygens (including phenoxy) is 1. The summed E-state index contributed by atoms with van der Waals surface area (Å²) in [5.74, 6) is 0.0126. The maximum atomic E-state index is 12.8. The summed E-state index contributed by atoms with van der Waals surface area (Å²) in [6.45, 7) is 0. The summed E-state index contributed by atoms with van der Waals surface area (Å²) in [6, 6.07) is 4.53. The Balaban J connectivity index is 2.95. The highest BCUT2D eigenvalue weighted by molar-refractivity contribution is 5.87. The van der Waals surface area contributed by atoms with Gasteiger partial charge in [-0.05, 0) is 12.1 Å². The van der Waals surface area contributed by atoms with Crippen molar-refractivity contribution in [3.8, 4) is 5.75 Å². The van der Waals surface area contributed by atoms with Crippen molar-refractivity contribution in [3.05, 3.63) is 40.2 Å². The normalized spacial score (nSPS) is 11.8. The van der Waals surface area contributed by atoms with E-state index in [1.165, 1.54) is 25.3 Å². The summed E-state index contributed by atoms with van der Waals surface area (Å²) in [7, 11) is 1.25. The minimum absolute atomic E-state index is 0.0126. The first-order valence-electron chi connectivity index (χ1n) is 4.61. The zero-order valence-electron chi connectivity index (χ0n) is 8.67. The van der Waals surface area contributed by atoms with Gasteiger partial charge in [-0.25, -0.2) is 4.79 Å². The number of alkyl halides is 3. The zero-order valence-corrected chi connectivity index (χ0v) is 8.67. The van der Waals surface area contributed by atoms with Gasteiger partial charge < -0.3 is 9.15 Å². The molecular formula is C11H7F3O3. The van der Waals surface area contributed by atoms with Crippen LogP contribution in [0.4, 0.5) is 13.2 Å².